The van der Waals surface area contributed by atoms with E-state index in [0.29, 0.717) is 22.7 Å². The second-order valence-corrected chi connectivity index (χ2v) is 4.40. The predicted molar refractivity (Wildman–Crippen MR) is 75.1 cm³/mol. The molecule has 8 nitrogen and oxygen atoms in total. The van der Waals surface area contributed by atoms with Gasteiger partial charge in [-0.3, -0.25) is 5.43 Å². The molecular weight excluding hydrogens is 272 g/mol. The van der Waals surface area contributed by atoms with Crippen LogP contribution >= 0.6 is 0 Å². The smallest absolute Gasteiger partial charge is 0.325 e. The van der Waals surface area contributed by atoms with Crippen molar-refractivity contribution in [2.24, 2.45) is 5.10 Å². The van der Waals surface area contributed by atoms with Crippen molar-refractivity contribution >= 4 is 17.2 Å². The maximum atomic E-state index is 9.77. The largest absolute Gasteiger partial charge is 0.508 e. The van der Waals surface area contributed by atoms with Gasteiger partial charge in [-0.05, 0) is 25.1 Å². The van der Waals surface area contributed by atoms with Crippen LogP contribution in [0.25, 0.3) is 5.65 Å². The minimum absolute atomic E-state index is 0.000449. The van der Waals surface area contributed by atoms with Gasteiger partial charge in [0, 0.05) is 22.8 Å². The van der Waals surface area contributed by atoms with Crippen LogP contribution in [0.5, 0.6) is 11.5 Å². The molecule has 3 aromatic rings. The summed E-state index contributed by atoms with van der Waals surface area (Å²) >= 11 is 0. The molecular formula is C13H13N6O2+. The summed E-state index contributed by atoms with van der Waals surface area (Å²) in [6, 6.07) is 7.87. The van der Waals surface area contributed by atoms with Crippen LogP contribution < -0.4 is 9.94 Å². The van der Waals surface area contributed by atoms with Gasteiger partial charge in [0.2, 0.25) is 6.33 Å². The second-order valence-electron chi connectivity index (χ2n) is 4.40. The van der Waals surface area contributed by atoms with Crippen LogP contribution in [0.1, 0.15) is 12.5 Å². The number of hydrazone groups is 1. The molecule has 0 amide bonds. The average molecular weight is 285 g/mol. The third kappa shape index (κ3) is 2.59. The van der Waals surface area contributed by atoms with E-state index < -0.39 is 0 Å². The number of benzene rings is 1. The van der Waals surface area contributed by atoms with Crippen molar-refractivity contribution in [1.82, 2.24) is 15.3 Å². The Morgan fingerprint density at radius 2 is 2.14 bits per heavy atom. The number of phenolic OH excluding ortho intramolecular Hbond substituents is 2. The van der Waals surface area contributed by atoms with Crippen molar-refractivity contribution in [3.63, 3.8) is 0 Å². The van der Waals surface area contributed by atoms with Crippen molar-refractivity contribution in [2.75, 3.05) is 5.43 Å². The third-order valence-corrected chi connectivity index (χ3v) is 2.91. The summed E-state index contributed by atoms with van der Waals surface area (Å²) in [5, 5.41) is 34.1. The number of nitrogens with one attached hydrogen (secondary N) is 2. The standard InChI is InChI=1S/C13H12N6O2/c1-8(10-3-2-9(20)6-11(10)21)15-16-12-4-5-13-17-14-7-19(13)18-12/h2-7H,1H3,(H3,15,16,17,18,20,21)/p+1. The third-order valence-electron chi connectivity index (χ3n) is 2.91. The molecule has 8 heteroatoms. The number of phenols is 2. The van der Waals surface area contributed by atoms with E-state index in [1.165, 1.54) is 12.1 Å². The predicted octanol–water partition coefficient (Wildman–Crippen LogP) is 0.791. The van der Waals surface area contributed by atoms with Crippen LogP contribution in [0.2, 0.25) is 0 Å². The Morgan fingerprint density at radius 1 is 1.29 bits per heavy atom. The number of aromatic nitrogens is 4. The SMILES string of the molecule is CC(=NNc1ccc2n[nH]c[n+]2n1)c1ccc(O)cc1O. The van der Waals surface area contributed by atoms with Gasteiger partial charge in [0.1, 0.15) is 11.5 Å². The van der Waals surface area contributed by atoms with Crippen LogP contribution in [-0.2, 0) is 0 Å². The Hall–Kier alpha value is -3.16. The highest BCUT2D eigenvalue weighted by Gasteiger charge is 2.07. The number of anilines is 1. The number of hydrogen-bond acceptors (Lipinski definition) is 6. The normalized spacial score (nSPS) is 11.8. The maximum Gasteiger partial charge on any atom is 0.325 e. The first-order chi connectivity index (χ1) is 10.1. The van der Waals surface area contributed by atoms with E-state index >= 15 is 0 Å². The molecule has 2 aromatic heterocycles. The lowest BCUT2D eigenvalue weighted by atomic mass is 10.1. The molecule has 0 fully saturated rings. The maximum absolute atomic E-state index is 9.77. The first-order valence-electron chi connectivity index (χ1n) is 6.18. The second kappa shape index (κ2) is 5.08. The highest BCUT2D eigenvalue weighted by molar-refractivity contribution is 6.01. The van der Waals surface area contributed by atoms with Gasteiger partial charge in [0.05, 0.1) is 5.71 Å². The van der Waals surface area contributed by atoms with Crippen LogP contribution in [-0.4, -0.2) is 31.2 Å². The fourth-order valence-corrected chi connectivity index (χ4v) is 1.85. The summed E-state index contributed by atoms with van der Waals surface area (Å²) in [4.78, 5) is 0. The van der Waals surface area contributed by atoms with Gasteiger partial charge in [0.25, 0.3) is 0 Å². The molecule has 0 unspecified atom stereocenters. The van der Waals surface area contributed by atoms with Crippen molar-refractivity contribution < 1.29 is 14.7 Å². The minimum Gasteiger partial charge on any atom is -0.508 e. The van der Waals surface area contributed by atoms with Gasteiger partial charge < -0.3 is 10.2 Å². The van der Waals surface area contributed by atoms with Gasteiger partial charge >= 0.3 is 5.65 Å². The number of aromatic hydroxyl groups is 2. The van der Waals surface area contributed by atoms with Gasteiger partial charge in [-0.15, -0.1) is 9.61 Å². The van der Waals surface area contributed by atoms with Gasteiger partial charge in [-0.1, -0.05) is 5.10 Å². The Kier molecular flexibility index (Phi) is 3.11. The first kappa shape index (κ1) is 12.9. The van der Waals surface area contributed by atoms with E-state index in [2.05, 4.69) is 25.8 Å². The summed E-state index contributed by atoms with van der Waals surface area (Å²) in [7, 11) is 0. The van der Waals surface area contributed by atoms with Gasteiger partial charge in [0.15, 0.2) is 5.82 Å². The zero-order chi connectivity index (χ0) is 14.8. The molecule has 3 rings (SSSR count). The molecule has 0 aliphatic rings. The van der Waals surface area contributed by atoms with E-state index in [4.69, 9.17) is 0 Å². The zero-order valence-electron chi connectivity index (χ0n) is 11.1. The van der Waals surface area contributed by atoms with E-state index in [1.807, 2.05) is 0 Å². The molecule has 106 valence electrons. The highest BCUT2D eigenvalue weighted by atomic mass is 16.3. The molecule has 0 saturated heterocycles. The van der Waals surface area contributed by atoms with Crippen LogP contribution in [0.4, 0.5) is 5.82 Å². The van der Waals surface area contributed by atoms with E-state index in [9.17, 15) is 10.2 Å². The molecule has 0 saturated carbocycles. The first-order valence-corrected chi connectivity index (χ1v) is 6.18. The zero-order valence-corrected chi connectivity index (χ0v) is 11.1. The quantitative estimate of drug-likeness (QED) is 0.323. The summed E-state index contributed by atoms with van der Waals surface area (Å²) in [5.41, 5.74) is 4.59. The van der Waals surface area contributed by atoms with Crippen LogP contribution in [0.3, 0.4) is 0 Å². The topological polar surface area (TPSA) is 111 Å². The highest BCUT2D eigenvalue weighted by Crippen LogP contribution is 2.23. The van der Waals surface area contributed by atoms with Crippen molar-refractivity contribution in [1.29, 1.82) is 0 Å². The van der Waals surface area contributed by atoms with Gasteiger partial charge in [-0.25, -0.2) is 0 Å². The molecule has 21 heavy (non-hydrogen) atoms. The molecule has 0 spiro atoms. The lowest BCUT2D eigenvalue weighted by Crippen LogP contribution is -2.24. The minimum atomic E-state index is -0.0364. The van der Waals surface area contributed by atoms with Crippen molar-refractivity contribution in [3.05, 3.63) is 42.2 Å². The Morgan fingerprint density at radius 3 is 2.95 bits per heavy atom. The average Bonchev–Trinajstić information content (AvgIpc) is 2.92. The van der Waals surface area contributed by atoms with Crippen molar-refractivity contribution in [2.45, 2.75) is 6.92 Å². The molecule has 0 bridgehead atoms. The lowest BCUT2D eigenvalue weighted by Gasteiger charge is -2.05. The number of H-pyrrole nitrogens is 1. The monoisotopic (exact) mass is 285 g/mol. The number of aromatic amines is 1. The Balaban J connectivity index is 1.84. The Bertz CT molecular complexity index is 826. The number of fused-ring (bicyclic) bond motifs is 1. The summed E-state index contributed by atoms with van der Waals surface area (Å²) in [6.07, 6.45) is 1.61. The number of hydrogen-bond donors (Lipinski definition) is 4. The summed E-state index contributed by atoms with van der Waals surface area (Å²) < 4.78 is 1.57. The fourth-order valence-electron chi connectivity index (χ4n) is 1.85. The van der Waals surface area contributed by atoms with Crippen LogP contribution in [0, 0.1) is 0 Å². The summed E-state index contributed by atoms with van der Waals surface area (Å²) in [5.74, 6) is 0.498. The van der Waals surface area contributed by atoms with E-state index in [1.54, 1.807) is 36.0 Å². The van der Waals surface area contributed by atoms with E-state index in [-0.39, 0.29) is 11.5 Å². The molecule has 4 N–H and O–H groups in total. The molecule has 0 atom stereocenters. The van der Waals surface area contributed by atoms with Crippen molar-refractivity contribution in [3.8, 4) is 11.5 Å². The van der Waals surface area contributed by atoms with Crippen LogP contribution in [0.15, 0.2) is 41.8 Å². The Labute approximate surface area is 119 Å². The fraction of sp³-hybridized carbons (Fsp3) is 0.0769. The summed E-state index contributed by atoms with van der Waals surface area (Å²) in [6.45, 7) is 1.74. The number of rotatable bonds is 3. The van der Waals surface area contributed by atoms with E-state index in [0.717, 1.165) is 0 Å². The number of nitrogens with zero attached hydrogens (tertiary/aromatic N) is 4. The lowest BCUT2D eigenvalue weighted by molar-refractivity contribution is -0.579. The molecule has 0 aliphatic carbocycles. The van der Waals surface area contributed by atoms with Gasteiger partial charge in [-0.2, -0.15) is 5.10 Å². The molecule has 1 aromatic carbocycles. The molecule has 0 radical (unpaired) electrons. The molecule has 0 aliphatic heterocycles. The molecule has 2 heterocycles.